The maximum absolute atomic E-state index is 6.14. The van der Waals surface area contributed by atoms with Gasteiger partial charge in [-0.25, -0.2) is 0 Å². The van der Waals surface area contributed by atoms with Crippen molar-refractivity contribution < 1.29 is 4.74 Å². The highest BCUT2D eigenvalue weighted by Gasteiger charge is 2.09. The van der Waals surface area contributed by atoms with Crippen molar-refractivity contribution in [2.45, 2.75) is 20.8 Å². The fourth-order valence-corrected chi connectivity index (χ4v) is 2.14. The number of hydrogen-bond acceptors (Lipinski definition) is 1. The summed E-state index contributed by atoms with van der Waals surface area (Å²) in [7, 11) is 0. The summed E-state index contributed by atoms with van der Waals surface area (Å²) in [5, 5.41) is 0. The number of ether oxygens (including phenoxy) is 1. The third-order valence-electron chi connectivity index (χ3n) is 3.56. The highest BCUT2D eigenvalue weighted by atomic mass is 16.5. The Balaban J connectivity index is 2.42. The Morgan fingerprint density at radius 3 is 2.36 bits per heavy atom. The quantitative estimate of drug-likeness (QED) is 0.479. The number of benzene rings is 2. The maximum Gasteiger partial charge on any atom is 0.135 e. The second kappa shape index (κ2) is 7.46. The van der Waals surface area contributed by atoms with E-state index in [9.17, 15) is 0 Å². The topological polar surface area (TPSA) is 9.23 Å². The molecule has 0 saturated heterocycles. The van der Waals surface area contributed by atoms with E-state index in [0.29, 0.717) is 0 Å². The molecule has 0 saturated carbocycles. The van der Waals surface area contributed by atoms with Crippen molar-refractivity contribution in [3.63, 3.8) is 0 Å². The molecule has 2 aromatic rings. The largest absolute Gasteiger partial charge is 0.456 e. The summed E-state index contributed by atoms with van der Waals surface area (Å²) in [6.07, 6.45) is 5.67. The molecule has 2 rings (SSSR count). The lowest BCUT2D eigenvalue weighted by Gasteiger charge is -2.14. The van der Waals surface area contributed by atoms with Gasteiger partial charge in [0.05, 0.1) is 0 Å². The van der Waals surface area contributed by atoms with E-state index in [1.165, 1.54) is 5.56 Å². The van der Waals surface area contributed by atoms with Gasteiger partial charge >= 0.3 is 0 Å². The first-order valence-corrected chi connectivity index (χ1v) is 7.45. The normalized spacial score (nSPS) is 12.1. The molecule has 0 unspecified atom stereocenters. The van der Waals surface area contributed by atoms with Gasteiger partial charge in [-0.2, -0.15) is 0 Å². The van der Waals surface area contributed by atoms with E-state index in [1.54, 1.807) is 6.08 Å². The van der Waals surface area contributed by atoms with Crippen LogP contribution in [0.3, 0.4) is 0 Å². The minimum atomic E-state index is 0.817. The minimum Gasteiger partial charge on any atom is -0.456 e. The summed E-state index contributed by atoms with van der Waals surface area (Å²) >= 11 is 0. The molecule has 0 atom stereocenters. The molecule has 0 spiro atoms. The lowest BCUT2D eigenvalue weighted by Crippen LogP contribution is -1.98. The summed E-state index contributed by atoms with van der Waals surface area (Å²) < 4.78 is 6.14. The number of aryl methyl sites for hydroxylation is 1. The maximum atomic E-state index is 6.14. The highest BCUT2D eigenvalue weighted by molar-refractivity contribution is 5.70. The fourth-order valence-electron chi connectivity index (χ4n) is 2.14. The van der Waals surface area contributed by atoms with E-state index in [2.05, 4.69) is 43.8 Å². The standard InChI is InChI=1S/C21H22O/c1-5-9-20(17(4)6-2)22-21-11-8-7-10-19(21)18-14-12-16(3)13-15-18/h5-15H,1H2,2-4H3/b17-6-,20-9+. The van der Waals surface area contributed by atoms with E-state index < -0.39 is 0 Å². The lowest BCUT2D eigenvalue weighted by molar-refractivity contribution is 0.438. The zero-order valence-electron chi connectivity index (χ0n) is 13.5. The Bertz CT molecular complexity index is 703. The van der Waals surface area contributed by atoms with Crippen molar-refractivity contribution in [3.8, 4) is 16.9 Å². The first kappa shape index (κ1) is 15.8. The molecule has 0 aliphatic carbocycles. The lowest BCUT2D eigenvalue weighted by atomic mass is 10.0. The number of hydrogen-bond donors (Lipinski definition) is 0. The number of rotatable bonds is 5. The molecular formula is C21H22O. The monoisotopic (exact) mass is 290 g/mol. The van der Waals surface area contributed by atoms with E-state index in [4.69, 9.17) is 4.74 Å². The van der Waals surface area contributed by atoms with Crippen molar-refractivity contribution in [3.05, 3.63) is 90.2 Å². The van der Waals surface area contributed by atoms with Crippen LogP contribution < -0.4 is 4.74 Å². The Hall–Kier alpha value is -2.54. The van der Waals surface area contributed by atoms with Crippen LogP contribution in [0.15, 0.2) is 84.7 Å². The van der Waals surface area contributed by atoms with Crippen LogP contribution in [0.2, 0.25) is 0 Å². The molecule has 112 valence electrons. The van der Waals surface area contributed by atoms with Crippen molar-refractivity contribution >= 4 is 0 Å². The second-order valence-electron chi connectivity index (χ2n) is 5.20. The van der Waals surface area contributed by atoms with E-state index in [-0.39, 0.29) is 0 Å². The van der Waals surface area contributed by atoms with E-state index in [0.717, 1.165) is 28.2 Å². The van der Waals surface area contributed by atoms with Gasteiger partial charge in [-0.3, -0.25) is 0 Å². The predicted octanol–water partition coefficient (Wildman–Crippen LogP) is 6.08. The molecule has 0 heterocycles. The summed E-state index contributed by atoms with van der Waals surface area (Å²) in [4.78, 5) is 0. The molecule has 1 nitrogen and oxygen atoms in total. The predicted molar refractivity (Wildman–Crippen MR) is 95.0 cm³/mol. The summed E-state index contributed by atoms with van der Waals surface area (Å²) in [5.41, 5.74) is 4.57. The summed E-state index contributed by atoms with van der Waals surface area (Å²) in [6.45, 7) is 9.89. The minimum absolute atomic E-state index is 0.817. The van der Waals surface area contributed by atoms with Gasteiger partial charge in [0.2, 0.25) is 0 Å². The molecule has 0 amide bonds. The molecule has 1 heteroatoms. The van der Waals surface area contributed by atoms with Crippen LogP contribution in [0.1, 0.15) is 19.4 Å². The van der Waals surface area contributed by atoms with Crippen LogP contribution in [-0.2, 0) is 0 Å². The van der Waals surface area contributed by atoms with Gasteiger partial charge in [-0.1, -0.05) is 66.8 Å². The molecule has 22 heavy (non-hydrogen) atoms. The van der Waals surface area contributed by atoms with Crippen molar-refractivity contribution in [1.82, 2.24) is 0 Å². The molecule has 0 aliphatic rings. The van der Waals surface area contributed by atoms with Crippen LogP contribution in [-0.4, -0.2) is 0 Å². The Morgan fingerprint density at radius 2 is 1.73 bits per heavy atom. The SMILES string of the molecule is C=C/C=C(Oc1ccccc1-c1ccc(C)cc1)\C(C)=C/C. The van der Waals surface area contributed by atoms with Crippen LogP contribution in [0.5, 0.6) is 5.75 Å². The zero-order valence-corrected chi connectivity index (χ0v) is 13.5. The van der Waals surface area contributed by atoms with Crippen molar-refractivity contribution in [2.24, 2.45) is 0 Å². The number of para-hydroxylation sites is 1. The van der Waals surface area contributed by atoms with Gasteiger partial charge in [0, 0.05) is 5.56 Å². The average Bonchev–Trinajstić information content (AvgIpc) is 2.55. The Kier molecular flexibility index (Phi) is 5.37. The summed E-state index contributed by atoms with van der Waals surface area (Å²) in [6, 6.07) is 16.6. The van der Waals surface area contributed by atoms with Gasteiger partial charge in [0.1, 0.15) is 11.5 Å². The van der Waals surface area contributed by atoms with Crippen molar-refractivity contribution in [2.75, 3.05) is 0 Å². The molecule has 0 fully saturated rings. The molecule has 2 aromatic carbocycles. The average molecular weight is 290 g/mol. The molecule has 0 radical (unpaired) electrons. The Morgan fingerprint density at radius 1 is 1.05 bits per heavy atom. The summed E-state index contributed by atoms with van der Waals surface area (Å²) in [5.74, 6) is 1.66. The molecule has 0 bridgehead atoms. The fraction of sp³-hybridized carbons (Fsp3) is 0.143. The first-order valence-electron chi connectivity index (χ1n) is 7.45. The van der Waals surface area contributed by atoms with Gasteiger partial charge < -0.3 is 4.74 Å². The molecule has 0 aromatic heterocycles. The van der Waals surface area contributed by atoms with Gasteiger partial charge in [0.25, 0.3) is 0 Å². The third-order valence-corrected chi connectivity index (χ3v) is 3.56. The van der Waals surface area contributed by atoms with Gasteiger partial charge in [-0.15, -0.1) is 0 Å². The molecular weight excluding hydrogens is 268 g/mol. The van der Waals surface area contributed by atoms with Crippen LogP contribution in [0.25, 0.3) is 11.1 Å². The second-order valence-corrected chi connectivity index (χ2v) is 5.20. The molecule has 0 aliphatic heterocycles. The third kappa shape index (κ3) is 3.76. The van der Waals surface area contributed by atoms with Crippen LogP contribution in [0.4, 0.5) is 0 Å². The van der Waals surface area contributed by atoms with Crippen LogP contribution >= 0.6 is 0 Å². The zero-order chi connectivity index (χ0) is 15.9. The smallest absolute Gasteiger partial charge is 0.135 e. The van der Waals surface area contributed by atoms with E-state index >= 15 is 0 Å². The first-order chi connectivity index (χ1) is 10.7. The molecule has 0 N–H and O–H groups in total. The highest BCUT2D eigenvalue weighted by Crippen LogP contribution is 2.32. The number of allylic oxidation sites excluding steroid dienone is 4. The van der Waals surface area contributed by atoms with Gasteiger partial charge in [-0.05, 0) is 44.1 Å². The van der Waals surface area contributed by atoms with Crippen molar-refractivity contribution in [1.29, 1.82) is 0 Å². The Labute approximate surface area is 133 Å². The van der Waals surface area contributed by atoms with Crippen LogP contribution in [0, 0.1) is 6.92 Å². The van der Waals surface area contributed by atoms with E-state index in [1.807, 2.05) is 44.2 Å². The van der Waals surface area contributed by atoms with Gasteiger partial charge in [0.15, 0.2) is 0 Å².